The van der Waals surface area contributed by atoms with Crippen LogP contribution in [0, 0.1) is 11.3 Å². The van der Waals surface area contributed by atoms with Gasteiger partial charge in [0.15, 0.2) is 0 Å². The first kappa shape index (κ1) is 15.4. The monoisotopic (exact) mass is 330 g/mol. The number of nitrogens with one attached hydrogen (secondary N) is 1. The lowest BCUT2D eigenvalue weighted by atomic mass is 10.1. The molecule has 0 radical (unpaired) electrons. The molecule has 5 heteroatoms. The smallest absolute Gasteiger partial charge is 0.255 e. The molecule has 0 bridgehead atoms. The fourth-order valence-corrected chi connectivity index (χ4v) is 3.36. The van der Waals surface area contributed by atoms with Gasteiger partial charge in [-0.15, -0.1) is 0 Å². The van der Waals surface area contributed by atoms with Gasteiger partial charge in [-0.05, 0) is 49.2 Å². The van der Waals surface area contributed by atoms with Crippen molar-refractivity contribution in [2.75, 3.05) is 5.32 Å². The van der Waals surface area contributed by atoms with Crippen LogP contribution < -0.4 is 5.32 Å². The van der Waals surface area contributed by atoms with E-state index in [0.717, 1.165) is 29.8 Å². The van der Waals surface area contributed by atoms with Crippen molar-refractivity contribution in [1.29, 1.82) is 5.26 Å². The molecule has 1 amide bonds. The Morgan fingerprint density at radius 2 is 2.08 bits per heavy atom. The molecule has 0 fully saturated rings. The van der Waals surface area contributed by atoms with Gasteiger partial charge in [0.25, 0.3) is 5.91 Å². The summed E-state index contributed by atoms with van der Waals surface area (Å²) in [5.41, 5.74) is 3.70. The maximum atomic E-state index is 12.4. The topological polar surface area (TPSA) is 70.7 Å². The van der Waals surface area contributed by atoms with Crippen molar-refractivity contribution in [3.8, 4) is 6.07 Å². The minimum absolute atomic E-state index is 0.225. The number of amides is 1. The van der Waals surface area contributed by atoms with E-state index >= 15 is 0 Å². The van der Waals surface area contributed by atoms with Gasteiger partial charge in [0.1, 0.15) is 5.82 Å². The number of hydrogen-bond acceptors (Lipinski definition) is 3. The predicted octanol–water partition coefficient (Wildman–Crippen LogP) is 3.89. The number of carbonyl (C=O) groups excluding carboxylic acids is 1. The quantitative estimate of drug-likeness (QED) is 0.775. The average molecular weight is 330 g/mol. The zero-order valence-corrected chi connectivity index (χ0v) is 13.8. The van der Waals surface area contributed by atoms with E-state index in [2.05, 4.69) is 16.0 Å². The van der Waals surface area contributed by atoms with Gasteiger partial charge in [-0.2, -0.15) is 5.26 Å². The normalized spacial score (nSPS) is 13.7. The summed E-state index contributed by atoms with van der Waals surface area (Å²) in [6.07, 6.45) is 4.63. The predicted molar refractivity (Wildman–Crippen MR) is 96.4 cm³/mol. The third kappa shape index (κ3) is 2.99. The van der Waals surface area contributed by atoms with E-state index in [4.69, 9.17) is 10.2 Å². The van der Waals surface area contributed by atoms with Crippen LogP contribution in [0.5, 0.6) is 0 Å². The Hall–Kier alpha value is -3.13. The molecule has 3 aromatic rings. The number of aryl methyl sites for hydroxylation is 2. The Bertz CT molecular complexity index is 997. The van der Waals surface area contributed by atoms with Crippen LogP contribution >= 0.6 is 0 Å². The molecule has 0 unspecified atom stereocenters. The molecule has 0 aliphatic carbocycles. The summed E-state index contributed by atoms with van der Waals surface area (Å²) in [5.74, 6) is 0.912. The molecule has 124 valence electrons. The molecule has 5 nitrogen and oxygen atoms in total. The summed E-state index contributed by atoms with van der Waals surface area (Å²) in [6, 6.07) is 14.6. The van der Waals surface area contributed by atoms with Crippen LogP contribution in [0.3, 0.4) is 0 Å². The lowest BCUT2D eigenvalue weighted by Gasteiger charge is -2.07. The molecule has 0 saturated carbocycles. The number of fused-ring (bicyclic) bond motifs is 3. The second-order valence-electron chi connectivity index (χ2n) is 6.34. The highest BCUT2D eigenvalue weighted by molar-refractivity contribution is 6.05. The zero-order chi connectivity index (χ0) is 17.2. The number of aromatic nitrogens is 2. The molecule has 1 N–H and O–H groups in total. The summed E-state index contributed by atoms with van der Waals surface area (Å²) in [5, 5.41) is 11.9. The Morgan fingerprint density at radius 1 is 1.16 bits per heavy atom. The number of carbonyl (C=O) groups is 1. The summed E-state index contributed by atoms with van der Waals surface area (Å²) >= 11 is 0. The maximum absolute atomic E-state index is 12.4. The zero-order valence-electron chi connectivity index (χ0n) is 13.8. The standard InChI is InChI=1S/C20H18N4O/c21-13-14-5-4-6-15(11-14)20(25)22-16-8-9-18-17(12-16)23-19-7-2-1-3-10-24(18)19/h4-6,8-9,11-12H,1-3,7,10H2,(H,22,25). The molecule has 0 atom stereocenters. The minimum Gasteiger partial charge on any atom is -0.328 e. The second kappa shape index (κ2) is 6.40. The van der Waals surface area contributed by atoms with Crippen LogP contribution in [-0.2, 0) is 13.0 Å². The molecule has 0 saturated heterocycles. The molecular formula is C20H18N4O. The number of hydrogen-bond donors (Lipinski definition) is 1. The fraction of sp³-hybridized carbons (Fsp3) is 0.250. The van der Waals surface area contributed by atoms with Crippen LogP contribution in [0.25, 0.3) is 11.0 Å². The number of imidazole rings is 1. The second-order valence-corrected chi connectivity index (χ2v) is 6.34. The summed E-state index contributed by atoms with van der Waals surface area (Å²) in [4.78, 5) is 17.2. The van der Waals surface area contributed by atoms with Gasteiger partial charge in [-0.25, -0.2) is 4.98 Å². The summed E-state index contributed by atoms with van der Waals surface area (Å²) < 4.78 is 2.30. The number of nitrogens with zero attached hydrogens (tertiary/aromatic N) is 3. The Labute approximate surface area is 145 Å². The average Bonchev–Trinajstić information content (AvgIpc) is 2.82. The van der Waals surface area contributed by atoms with Crippen LogP contribution in [-0.4, -0.2) is 15.5 Å². The van der Waals surface area contributed by atoms with Crippen molar-refractivity contribution >= 4 is 22.6 Å². The summed E-state index contributed by atoms with van der Waals surface area (Å²) in [6.45, 7) is 1.01. The number of rotatable bonds is 2. The highest BCUT2D eigenvalue weighted by Gasteiger charge is 2.14. The first-order valence-electron chi connectivity index (χ1n) is 8.55. The summed E-state index contributed by atoms with van der Waals surface area (Å²) in [7, 11) is 0. The van der Waals surface area contributed by atoms with Crippen molar-refractivity contribution < 1.29 is 4.79 Å². The van der Waals surface area contributed by atoms with Crippen LogP contribution in [0.1, 0.15) is 41.0 Å². The number of benzene rings is 2. The van der Waals surface area contributed by atoms with Gasteiger partial charge >= 0.3 is 0 Å². The van der Waals surface area contributed by atoms with Crippen molar-refractivity contribution in [3.63, 3.8) is 0 Å². The van der Waals surface area contributed by atoms with Crippen LogP contribution in [0.2, 0.25) is 0 Å². The molecule has 0 spiro atoms. The van der Waals surface area contributed by atoms with Crippen molar-refractivity contribution in [3.05, 3.63) is 59.4 Å². The van der Waals surface area contributed by atoms with Gasteiger partial charge in [-0.3, -0.25) is 4.79 Å². The lowest BCUT2D eigenvalue weighted by molar-refractivity contribution is 0.102. The highest BCUT2D eigenvalue weighted by atomic mass is 16.1. The lowest BCUT2D eigenvalue weighted by Crippen LogP contribution is -2.11. The Kier molecular flexibility index (Phi) is 3.95. The third-order valence-electron chi connectivity index (χ3n) is 4.62. The first-order valence-corrected chi connectivity index (χ1v) is 8.55. The highest BCUT2D eigenvalue weighted by Crippen LogP contribution is 2.24. The Morgan fingerprint density at radius 3 is 2.96 bits per heavy atom. The molecule has 4 rings (SSSR count). The van der Waals surface area contributed by atoms with Crippen molar-refractivity contribution in [2.24, 2.45) is 0 Å². The van der Waals surface area contributed by atoms with Gasteiger partial charge in [-0.1, -0.05) is 12.5 Å². The van der Waals surface area contributed by atoms with E-state index in [-0.39, 0.29) is 5.91 Å². The first-order chi connectivity index (χ1) is 12.2. The molecule has 1 aliphatic heterocycles. The van der Waals surface area contributed by atoms with E-state index in [0.29, 0.717) is 16.8 Å². The fourth-order valence-electron chi connectivity index (χ4n) is 3.36. The minimum atomic E-state index is -0.225. The van der Waals surface area contributed by atoms with Gasteiger partial charge < -0.3 is 9.88 Å². The number of nitriles is 1. The molecule has 25 heavy (non-hydrogen) atoms. The van der Waals surface area contributed by atoms with Crippen LogP contribution in [0.4, 0.5) is 5.69 Å². The van der Waals surface area contributed by atoms with E-state index in [9.17, 15) is 4.79 Å². The SMILES string of the molecule is N#Cc1cccc(C(=O)Nc2ccc3c(c2)nc2n3CCCCC2)c1. The van der Waals surface area contributed by atoms with E-state index in [1.165, 1.54) is 19.3 Å². The molecule has 1 aliphatic rings. The molecule has 2 aromatic carbocycles. The van der Waals surface area contributed by atoms with Gasteiger partial charge in [0, 0.05) is 24.2 Å². The van der Waals surface area contributed by atoms with Crippen LogP contribution in [0.15, 0.2) is 42.5 Å². The van der Waals surface area contributed by atoms with Gasteiger partial charge in [0.05, 0.1) is 22.7 Å². The number of anilines is 1. The molecular weight excluding hydrogens is 312 g/mol. The molecule has 1 aromatic heterocycles. The van der Waals surface area contributed by atoms with E-state index in [1.807, 2.05) is 18.2 Å². The largest absolute Gasteiger partial charge is 0.328 e. The maximum Gasteiger partial charge on any atom is 0.255 e. The van der Waals surface area contributed by atoms with E-state index in [1.54, 1.807) is 24.3 Å². The third-order valence-corrected chi connectivity index (χ3v) is 4.62. The van der Waals surface area contributed by atoms with E-state index < -0.39 is 0 Å². The van der Waals surface area contributed by atoms with Gasteiger partial charge in [0.2, 0.25) is 0 Å². The van der Waals surface area contributed by atoms with Crippen molar-refractivity contribution in [2.45, 2.75) is 32.2 Å². The Balaban J connectivity index is 1.61. The van der Waals surface area contributed by atoms with Crippen molar-refractivity contribution in [1.82, 2.24) is 9.55 Å². The molecule has 2 heterocycles.